The predicted molar refractivity (Wildman–Crippen MR) is 56.5 cm³/mol. The number of thiophene rings is 1. The normalized spacial score (nSPS) is 10.7. The zero-order valence-electron chi connectivity index (χ0n) is 6.79. The van der Waals surface area contributed by atoms with Crippen LogP contribution in [0.2, 0.25) is 9.36 Å². The van der Waals surface area contributed by atoms with E-state index in [0.29, 0.717) is 5.02 Å². The fourth-order valence-electron chi connectivity index (χ4n) is 1.17. The van der Waals surface area contributed by atoms with Gasteiger partial charge in [-0.05, 0) is 6.07 Å². The summed E-state index contributed by atoms with van der Waals surface area (Å²) in [7, 11) is 1.85. The molecule has 0 aliphatic heterocycles. The Hall–Kier alpha value is -0.510. The summed E-state index contributed by atoms with van der Waals surface area (Å²) in [6.07, 6.45) is 1.63. The first-order valence-electron chi connectivity index (χ1n) is 3.60. The third-order valence-electron chi connectivity index (χ3n) is 1.74. The van der Waals surface area contributed by atoms with Crippen LogP contribution in [-0.2, 0) is 7.05 Å². The van der Waals surface area contributed by atoms with Gasteiger partial charge < -0.3 is 0 Å². The third-order valence-corrected chi connectivity index (χ3v) is 3.10. The molecule has 0 saturated carbocycles. The number of halogens is 2. The quantitative estimate of drug-likeness (QED) is 0.737. The molecule has 0 spiro atoms. The average molecular weight is 233 g/mol. The number of rotatable bonds is 1. The van der Waals surface area contributed by atoms with Gasteiger partial charge in [0, 0.05) is 18.0 Å². The molecular formula is C8H6Cl2N2S. The van der Waals surface area contributed by atoms with Crippen molar-refractivity contribution < 1.29 is 0 Å². The first kappa shape index (κ1) is 9.06. The van der Waals surface area contributed by atoms with Crippen LogP contribution in [0.25, 0.3) is 11.3 Å². The molecule has 2 heterocycles. The van der Waals surface area contributed by atoms with Crippen molar-refractivity contribution >= 4 is 34.5 Å². The van der Waals surface area contributed by atoms with Crippen LogP contribution in [0.3, 0.4) is 0 Å². The van der Waals surface area contributed by atoms with E-state index in [9.17, 15) is 0 Å². The van der Waals surface area contributed by atoms with Gasteiger partial charge in [0.25, 0.3) is 0 Å². The standard InChI is InChI=1S/C8H6Cl2N2S/c1-12-8(6(9)3-11-12)5-2-7(10)13-4-5/h2-4H,1H3. The average Bonchev–Trinajstić information content (AvgIpc) is 2.60. The zero-order chi connectivity index (χ0) is 9.42. The molecule has 0 bridgehead atoms. The van der Waals surface area contributed by atoms with Gasteiger partial charge in [0.1, 0.15) is 0 Å². The minimum atomic E-state index is 0.650. The van der Waals surface area contributed by atoms with Crippen LogP contribution in [0.4, 0.5) is 0 Å². The van der Waals surface area contributed by atoms with E-state index < -0.39 is 0 Å². The maximum Gasteiger partial charge on any atom is 0.0935 e. The monoisotopic (exact) mass is 232 g/mol. The first-order chi connectivity index (χ1) is 6.18. The Bertz CT molecular complexity index is 414. The predicted octanol–water partition coefficient (Wildman–Crippen LogP) is 3.46. The summed E-state index contributed by atoms with van der Waals surface area (Å²) >= 11 is 13.3. The summed E-state index contributed by atoms with van der Waals surface area (Å²) < 4.78 is 2.49. The van der Waals surface area contributed by atoms with E-state index in [1.807, 2.05) is 18.5 Å². The van der Waals surface area contributed by atoms with Crippen LogP contribution >= 0.6 is 34.5 Å². The van der Waals surface area contributed by atoms with E-state index in [2.05, 4.69) is 5.10 Å². The molecule has 0 aromatic carbocycles. The van der Waals surface area contributed by atoms with E-state index in [-0.39, 0.29) is 0 Å². The highest BCUT2D eigenvalue weighted by atomic mass is 35.5. The highest BCUT2D eigenvalue weighted by molar-refractivity contribution is 7.14. The molecule has 13 heavy (non-hydrogen) atoms. The molecule has 0 amide bonds. The van der Waals surface area contributed by atoms with Gasteiger partial charge in [-0.3, -0.25) is 4.68 Å². The molecule has 2 aromatic heterocycles. The fraction of sp³-hybridized carbons (Fsp3) is 0.125. The maximum atomic E-state index is 5.97. The number of nitrogens with zero attached hydrogens (tertiary/aromatic N) is 2. The van der Waals surface area contributed by atoms with Crippen molar-refractivity contribution in [3.05, 3.63) is 27.0 Å². The highest BCUT2D eigenvalue weighted by Crippen LogP contribution is 2.32. The molecule has 0 atom stereocenters. The molecule has 0 fully saturated rings. The van der Waals surface area contributed by atoms with Gasteiger partial charge in [0.05, 0.1) is 21.2 Å². The lowest BCUT2D eigenvalue weighted by Gasteiger charge is -1.97. The lowest BCUT2D eigenvalue weighted by molar-refractivity contribution is 0.776. The van der Waals surface area contributed by atoms with Crippen molar-refractivity contribution in [3.8, 4) is 11.3 Å². The van der Waals surface area contributed by atoms with Crippen LogP contribution in [0.1, 0.15) is 0 Å². The van der Waals surface area contributed by atoms with E-state index >= 15 is 0 Å². The maximum absolute atomic E-state index is 5.97. The van der Waals surface area contributed by atoms with Crippen LogP contribution < -0.4 is 0 Å². The lowest BCUT2D eigenvalue weighted by atomic mass is 10.2. The summed E-state index contributed by atoms with van der Waals surface area (Å²) in [6, 6.07) is 1.88. The van der Waals surface area contributed by atoms with Crippen molar-refractivity contribution in [2.45, 2.75) is 0 Å². The molecule has 0 N–H and O–H groups in total. The van der Waals surface area contributed by atoms with Crippen molar-refractivity contribution in [1.82, 2.24) is 9.78 Å². The van der Waals surface area contributed by atoms with E-state index in [1.54, 1.807) is 10.9 Å². The second-order valence-corrected chi connectivity index (χ2v) is 4.55. The van der Waals surface area contributed by atoms with Crippen molar-refractivity contribution in [2.75, 3.05) is 0 Å². The van der Waals surface area contributed by atoms with Gasteiger partial charge in [0.15, 0.2) is 0 Å². The number of hydrogen-bond acceptors (Lipinski definition) is 2. The summed E-state index contributed by atoms with van der Waals surface area (Å²) in [5.41, 5.74) is 1.92. The fourth-order valence-corrected chi connectivity index (χ4v) is 2.31. The molecule has 0 saturated heterocycles. The Morgan fingerprint density at radius 3 is 2.69 bits per heavy atom. The summed E-state index contributed by atoms with van der Waals surface area (Å²) in [5.74, 6) is 0. The van der Waals surface area contributed by atoms with Crippen molar-refractivity contribution in [1.29, 1.82) is 0 Å². The Morgan fingerprint density at radius 1 is 1.46 bits per heavy atom. The van der Waals surface area contributed by atoms with E-state index in [0.717, 1.165) is 15.6 Å². The van der Waals surface area contributed by atoms with Gasteiger partial charge in [-0.2, -0.15) is 5.10 Å². The minimum Gasteiger partial charge on any atom is -0.266 e. The largest absolute Gasteiger partial charge is 0.266 e. The van der Waals surface area contributed by atoms with E-state index in [1.165, 1.54) is 11.3 Å². The van der Waals surface area contributed by atoms with Crippen molar-refractivity contribution in [3.63, 3.8) is 0 Å². The topological polar surface area (TPSA) is 17.8 Å². The van der Waals surface area contributed by atoms with Gasteiger partial charge in [0.2, 0.25) is 0 Å². The number of aromatic nitrogens is 2. The second-order valence-electron chi connectivity index (χ2n) is 2.60. The molecule has 2 nitrogen and oxygen atoms in total. The van der Waals surface area contributed by atoms with Crippen LogP contribution in [0, 0.1) is 0 Å². The molecule has 0 radical (unpaired) electrons. The number of aryl methyl sites for hydroxylation is 1. The Balaban J connectivity index is 2.57. The second kappa shape index (κ2) is 3.33. The first-order valence-corrected chi connectivity index (χ1v) is 5.24. The van der Waals surface area contributed by atoms with Crippen LogP contribution in [-0.4, -0.2) is 9.78 Å². The van der Waals surface area contributed by atoms with Gasteiger partial charge in [-0.15, -0.1) is 11.3 Å². The molecule has 2 rings (SSSR count). The van der Waals surface area contributed by atoms with Gasteiger partial charge >= 0.3 is 0 Å². The molecule has 0 aliphatic rings. The summed E-state index contributed by atoms with van der Waals surface area (Å²) in [4.78, 5) is 0. The Morgan fingerprint density at radius 2 is 2.23 bits per heavy atom. The Labute approximate surface area is 89.7 Å². The van der Waals surface area contributed by atoms with Crippen LogP contribution in [0.15, 0.2) is 17.6 Å². The minimum absolute atomic E-state index is 0.650. The summed E-state index contributed by atoms with van der Waals surface area (Å²) in [6.45, 7) is 0. The molecule has 2 aromatic rings. The Kier molecular flexibility index (Phi) is 2.32. The lowest BCUT2D eigenvalue weighted by Crippen LogP contribution is -1.92. The molecule has 5 heteroatoms. The molecule has 0 aliphatic carbocycles. The molecular weight excluding hydrogens is 227 g/mol. The van der Waals surface area contributed by atoms with E-state index in [4.69, 9.17) is 23.2 Å². The van der Waals surface area contributed by atoms with Crippen molar-refractivity contribution in [2.24, 2.45) is 7.05 Å². The smallest absolute Gasteiger partial charge is 0.0935 e. The third kappa shape index (κ3) is 1.59. The zero-order valence-corrected chi connectivity index (χ0v) is 9.12. The number of hydrogen-bond donors (Lipinski definition) is 0. The van der Waals surface area contributed by atoms with Gasteiger partial charge in [-0.25, -0.2) is 0 Å². The highest BCUT2D eigenvalue weighted by Gasteiger charge is 2.10. The van der Waals surface area contributed by atoms with Gasteiger partial charge in [-0.1, -0.05) is 23.2 Å². The van der Waals surface area contributed by atoms with Crippen LogP contribution in [0.5, 0.6) is 0 Å². The SMILES string of the molecule is Cn1ncc(Cl)c1-c1csc(Cl)c1. The molecule has 0 unspecified atom stereocenters. The summed E-state index contributed by atoms with van der Waals surface area (Å²) in [5, 5.41) is 6.66. The molecule has 68 valence electrons.